The van der Waals surface area contributed by atoms with Crippen molar-refractivity contribution in [3.63, 3.8) is 0 Å². The van der Waals surface area contributed by atoms with Gasteiger partial charge in [-0.2, -0.15) is 0 Å². The quantitative estimate of drug-likeness (QED) is 0.139. The van der Waals surface area contributed by atoms with Crippen LogP contribution in [0.1, 0.15) is 0 Å². The molecule has 0 fully saturated rings. The molecule has 0 saturated carbocycles. The number of benzene rings is 11. The standard InChI is InChI=1S/C62H42N2/c1-5-19-44(20-6-1)60-56-31-14-13-29-53(56)54-40-37-47(42-58(54)61(60)45-21-7-2-8-22-45)46-23-17-28-51(41-46)63(48-24-9-3-10-25-48)50-38-35-43(36-39-50)52-32-18-33-57-55-30-15-16-34-59(55)64(62(52)57)49-26-11-4-12-27-49/h1-42H. The molecule has 0 radical (unpaired) electrons. The molecule has 11 aromatic carbocycles. The molecule has 12 rings (SSSR count). The number of anilines is 3. The lowest BCUT2D eigenvalue weighted by atomic mass is 9.84. The second-order valence-corrected chi connectivity index (χ2v) is 16.4. The lowest BCUT2D eigenvalue weighted by Crippen LogP contribution is -2.09. The van der Waals surface area contributed by atoms with E-state index >= 15 is 0 Å². The van der Waals surface area contributed by atoms with Crippen molar-refractivity contribution in [2.24, 2.45) is 0 Å². The van der Waals surface area contributed by atoms with Crippen LogP contribution in [0.4, 0.5) is 17.1 Å². The summed E-state index contributed by atoms with van der Waals surface area (Å²) < 4.78 is 2.41. The van der Waals surface area contributed by atoms with E-state index in [4.69, 9.17) is 0 Å². The Balaban J connectivity index is 0.997. The second kappa shape index (κ2) is 15.8. The predicted octanol–water partition coefficient (Wildman–Crippen LogP) is 17.2. The Morgan fingerprint density at radius 1 is 0.266 bits per heavy atom. The molecule has 0 bridgehead atoms. The maximum absolute atomic E-state index is 2.41. The Morgan fingerprint density at radius 2 is 0.750 bits per heavy atom. The number of nitrogens with zero attached hydrogens (tertiary/aromatic N) is 2. The fourth-order valence-electron chi connectivity index (χ4n) is 9.92. The lowest BCUT2D eigenvalue weighted by Gasteiger charge is -2.26. The van der Waals surface area contributed by atoms with Crippen LogP contribution in [0.3, 0.4) is 0 Å². The van der Waals surface area contributed by atoms with Crippen LogP contribution in [-0.4, -0.2) is 4.57 Å². The van der Waals surface area contributed by atoms with Crippen molar-refractivity contribution in [2.75, 3.05) is 4.90 Å². The van der Waals surface area contributed by atoms with Gasteiger partial charge >= 0.3 is 0 Å². The molecular weight excluding hydrogens is 773 g/mol. The smallest absolute Gasteiger partial charge is 0.0619 e. The van der Waals surface area contributed by atoms with Gasteiger partial charge in [0.05, 0.1) is 11.0 Å². The van der Waals surface area contributed by atoms with Crippen molar-refractivity contribution in [3.05, 3.63) is 255 Å². The van der Waals surface area contributed by atoms with Gasteiger partial charge in [-0.15, -0.1) is 0 Å². The minimum absolute atomic E-state index is 1.09. The van der Waals surface area contributed by atoms with E-state index in [1.807, 2.05) is 0 Å². The summed E-state index contributed by atoms with van der Waals surface area (Å²) in [6.07, 6.45) is 0. The minimum Gasteiger partial charge on any atom is -0.310 e. The summed E-state index contributed by atoms with van der Waals surface area (Å²) in [5, 5.41) is 7.51. The number of fused-ring (bicyclic) bond motifs is 6. The molecule has 0 aliphatic rings. The van der Waals surface area contributed by atoms with Crippen LogP contribution in [-0.2, 0) is 0 Å². The Labute approximate surface area is 373 Å². The van der Waals surface area contributed by atoms with E-state index in [0.717, 1.165) is 28.3 Å². The summed E-state index contributed by atoms with van der Waals surface area (Å²) in [6, 6.07) is 92.6. The van der Waals surface area contributed by atoms with Crippen LogP contribution in [0, 0.1) is 0 Å². The van der Waals surface area contributed by atoms with E-state index in [2.05, 4.69) is 264 Å². The Kier molecular flexibility index (Phi) is 9.20. The number of hydrogen-bond donors (Lipinski definition) is 0. The zero-order valence-electron chi connectivity index (χ0n) is 35.1. The summed E-state index contributed by atoms with van der Waals surface area (Å²) in [5.41, 5.74) is 16.5. The molecule has 0 saturated heterocycles. The number of aromatic nitrogens is 1. The van der Waals surface area contributed by atoms with Crippen LogP contribution in [0.2, 0.25) is 0 Å². The fourth-order valence-corrected chi connectivity index (χ4v) is 9.92. The summed E-state index contributed by atoms with van der Waals surface area (Å²) in [7, 11) is 0. The van der Waals surface area contributed by atoms with Crippen molar-refractivity contribution in [1.29, 1.82) is 0 Å². The molecule has 0 amide bonds. The highest BCUT2D eigenvalue weighted by Gasteiger charge is 2.20. The molecule has 0 atom stereocenters. The average molecular weight is 815 g/mol. The van der Waals surface area contributed by atoms with E-state index in [0.29, 0.717) is 0 Å². The third-order valence-electron chi connectivity index (χ3n) is 12.7. The summed E-state index contributed by atoms with van der Waals surface area (Å²) in [6.45, 7) is 0. The van der Waals surface area contributed by atoms with Crippen LogP contribution in [0.5, 0.6) is 0 Å². The van der Waals surface area contributed by atoms with Gasteiger partial charge < -0.3 is 9.47 Å². The summed E-state index contributed by atoms with van der Waals surface area (Å²) in [4.78, 5) is 2.37. The number of rotatable bonds is 8. The van der Waals surface area contributed by atoms with Crippen LogP contribution < -0.4 is 4.90 Å². The number of hydrogen-bond acceptors (Lipinski definition) is 1. The van der Waals surface area contributed by atoms with E-state index in [-0.39, 0.29) is 0 Å². The Hall–Kier alpha value is -8.46. The van der Waals surface area contributed by atoms with E-state index in [1.165, 1.54) is 82.3 Å². The average Bonchev–Trinajstić information content (AvgIpc) is 3.72. The third-order valence-corrected chi connectivity index (χ3v) is 12.7. The normalized spacial score (nSPS) is 11.4. The molecule has 2 heteroatoms. The van der Waals surface area contributed by atoms with E-state index < -0.39 is 0 Å². The van der Waals surface area contributed by atoms with Crippen LogP contribution in [0.25, 0.3) is 93.5 Å². The molecule has 0 aliphatic heterocycles. The van der Waals surface area contributed by atoms with Crippen molar-refractivity contribution in [1.82, 2.24) is 4.57 Å². The highest BCUT2D eigenvalue weighted by Crippen LogP contribution is 2.46. The van der Waals surface area contributed by atoms with Gasteiger partial charge in [0.1, 0.15) is 0 Å². The zero-order chi connectivity index (χ0) is 42.4. The van der Waals surface area contributed by atoms with Crippen LogP contribution >= 0.6 is 0 Å². The molecular formula is C62H42N2. The maximum Gasteiger partial charge on any atom is 0.0619 e. The van der Waals surface area contributed by atoms with Crippen molar-refractivity contribution >= 4 is 60.4 Å². The molecule has 1 aromatic heterocycles. The lowest BCUT2D eigenvalue weighted by molar-refractivity contribution is 1.18. The van der Waals surface area contributed by atoms with Gasteiger partial charge in [0.15, 0.2) is 0 Å². The first-order chi connectivity index (χ1) is 31.8. The van der Waals surface area contributed by atoms with E-state index in [9.17, 15) is 0 Å². The predicted molar refractivity (Wildman–Crippen MR) is 272 cm³/mol. The van der Waals surface area contributed by atoms with Gasteiger partial charge in [0, 0.05) is 39.1 Å². The molecule has 12 aromatic rings. The first-order valence-corrected chi connectivity index (χ1v) is 22.0. The first-order valence-electron chi connectivity index (χ1n) is 22.0. The first kappa shape index (κ1) is 37.3. The monoisotopic (exact) mass is 814 g/mol. The maximum atomic E-state index is 2.41. The largest absolute Gasteiger partial charge is 0.310 e. The summed E-state index contributed by atoms with van der Waals surface area (Å²) >= 11 is 0. The van der Waals surface area contributed by atoms with Crippen molar-refractivity contribution in [2.45, 2.75) is 0 Å². The number of para-hydroxylation sites is 4. The third kappa shape index (κ3) is 6.35. The van der Waals surface area contributed by atoms with Gasteiger partial charge in [0.25, 0.3) is 0 Å². The molecule has 0 aliphatic carbocycles. The molecule has 0 N–H and O–H groups in total. The molecule has 0 unspecified atom stereocenters. The van der Waals surface area contributed by atoms with Gasteiger partial charge in [0.2, 0.25) is 0 Å². The highest BCUT2D eigenvalue weighted by atomic mass is 15.1. The molecule has 0 spiro atoms. The molecule has 2 nitrogen and oxygen atoms in total. The van der Waals surface area contributed by atoms with Gasteiger partial charge in [-0.25, -0.2) is 0 Å². The molecule has 64 heavy (non-hydrogen) atoms. The van der Waals surface area contributed by atoms with E-state index in [1.54, 1.807) is 0 Å². The molecule has 1 heterocycles. The van der Waals surface area contributed by atoms with Crippen molar-refractivity contribution in [3.8, 4) is 50.2 Å². The zero-order valence-corrected chi connectivity index (χ0v) is 35.1. The Bertz CT molecular complexity index is 3630. The summed E-state index contributed by atoms with van der Waals surface area (Å²) in [5.74, 6) is 0. The van der Waals surface area contributed by atoms with Gasteiger partial charge in [-0.1, -0.05) is 194 Å². The topological polar surface area (TPSA) is 8.17 Å². The second-order valence-electron chi connectivity index (χ2n) is 16.4. The SMILES string of the molecule is c1ccc(-c2c(-c3ccccc3)c3cc(-c4cccc(N(c5ccccc5)c5ccc(-c6cccc7c8ccccc8n(-c8ccccc8)c67)cc5)c4)ccc3c3ccccc23)cc1. The minimum atomic E-state index is 1.09. The fraction of sp³-hybridized carbons (Fsp3) is 0. The van der Waals surface area contributed by atoms with Crippen molar-refractivity contribution < 1.29 is 0 Å². The van der Waals surface area contributed by atoms with Gasteiger partial charge in [-0.05, 0) is 121 Å². The molecule has 300 valence electrons. The Morgan fingerprint density at radius 3 is 1.47 bits per heavy atom. The van der Waals surface area contributed by atoms with Gasteiger partial charge in [-0.3, -0.25) is 0 Å². The van der Waals surface area contributed by atoms with Crippen LogP contribution in [0.15, 0.2) is 255 Å². The highest BCUT2D eigenvalue weighted by molar-refractivity contribution is 6.22.